The molecule has 24 heavy (non-hydrogen) atoms. The van der Waals surface area contributed by atoms with Gasteiger partial charge in [0.25, 0.3) is 0 Å². The molecule has 1 aliphatic heterocycles. The van der Waals surface area contributed by atoms with E-state index in [0.717, 1.165) is 43.9 Å². The average Bonchev–Trinajstić information content (AvgIpc) is 3.08. The molecule has 5 aliphatic rings. The molecule has 0 bridgehead atoms. The molecule has 1 heterocycles. The third kappa shape index (κ3) is 1.84. The third-order valence-corrected chi connectivity index (χ3v) is 8.63. The summed E-state index contributed by atoms with van der Waals surface area (Å²) in [6, 6.07) is 0. The van der Waals surface area contributed by atoms with Crippen molar-refractivity contribution >= 4 is 11.8 Å². The van der Waals surface area contributed by atoms with Gasteiger partial charge in [0.1, 0.15) is 5.60 Å². The molecule has 4 fully saturated rings. The number of fused-ring (bicyclic) bond motifs is 6. The first-order chi connectivity index (χ1) is 11.5. The molecule has 0 aromatic rings. The smallest absolute Gasteiger partial charge is 0.306 e. The normalized spacial score (nSPS) is 50.1. The Bertz CT molecular complexity index is 635. The van der Waals surface area contributed by atoms with Crippen molar-refractivity contribution in [2.45, 2.75) is 76.7 Å². The number of hydrogen-bond acceptors (Lipinski definition) is 3. The van der Waals surface area contributed by atoms with Crippen molar-refractivity contribution in [1.29, 1.82) is 0 Å². The number of allylic oxidation sites excluding steroid dienone is 1. The highest BCUT2D eigenvalue weighted by atomic mass is 16.6. The molecular weight excluding hydrogens is 300 g/mol. The molecular formula is C21H28O3. The van der Waals surface area contributed by atoms with Crippen molar-refractivity contribution in [3.63, 3.8) is 0 Å². The van der Waals surface area contributed by atoms with Crippen LogP contribution >= 0.6 is 0 Å². The summed E-state index contributed by atoms with van der Waals surface area (Å²) in [6.07, 6.45) is 12.5. The summed E-state index contributed by atoms with van der Waals surface area (Å²) >= 11 is 0. The minimum Gasteiger partial charge on any atom is -0.458 e. The number of ketones is 1. The lowest BCUT2D eigenvalue weighted by Gasteiger charge is -2.55. The second kappa shape index (κ2) is 4.95. The first-order valence-electron chi connectivity index (χ1n) is 9.98. The zero-order chi connectivity index (χ0) is 16.5. The van der Waals surface area contributed by atoms with Gasteiger partial charge in [-0.2, -0.15) is 0 Å². The van der Waals surface area contributed by atoms with Crippen molar-refractivity contribution < 1.29 is 14.3 Å². The van der Waals surface area contributed by atoms with Gasteiger partial charge in [0.2, 0.25) is 0 Å². The minimum absolute atomic E-state index is 0.0265. The van der Waals surface area contributed by atoms with E-state index in [1.165, 1.54) is 31.3 Å². The lowest BCUT2D eigenvalue weighted by Crippen LogP contribution is -2.52. The van der Waals surface area contributed by atoms with Crippen LogP contribution in [0.15, 0.2) is 11.6 Å². The summed E-state index contributed by atoms with van der Waals surface area (Å²) in [7, 11) is 0. The molecule has 130 valence electrons. The lowest BCUT2D eigenvalue weighted by atomic mass is 9.50. The van der Waals surface area contributed by atoms with E-state index in [2.05, 4.69) is 6.92 Å². The zero-order valence-electron chi connectivity index (χ0n) is 14.7. The van der Waals surface area contributed by atoms with Gasteiger partial charge in [-0.3, -0.25) is 9.59 Å². The van der Waals surface area contributed by atoms with Crippen LogP contribution in [0, 0.1) is 29.1 Å². The molecule has 0 unspecified atom stereocenters. The van der Waals surface area contributed by atoms with Gasteiger partial charge in [0, 0.05) is 18.3 Å². The Balaban J connectivity index is 1.45. The van der Waals surface area contributed by atoms with Crippen LogP contribution in [0.5, 0.6) is 0 Å². The number of ether oxygens (including phenoxy) is 1. The minimum atomic E-state index is -0.154. The van der Waals surface area contributed by atoms with Gasteiger partial charge in [-0.1, -0.05) is 12.5 Å². The van der Waals surface area contributed by atoms with Gasteiger partial charge in [0.15, 0.2) is 5.78 Å². The zero-order valence-corrected chi connectivity index (χ0v) is 14.7. The van der Waals surface area contributed by atoms with Crippen molar-refractivity contribution in [3.8, 4) is 0 Å². The third-order valence-electron chi connectivity index (χ3n) is 8.63. The Hall–Kier alpha value is -1.12. The maximum atomic E-state index is 11.9. The Morgan fingerprint density at radius 2 is 1.83 bits per heavy atom. The van der Waals surface area contributed by atoms with Gasteiger partial charge >= 0.3 is 5.97 Å². The van der Waals surface area contributed by atoms with Crippen LogP contribution in [0.25, 0.3) is 0 Å². The average molecular weight is 328 g/mol. The van der Waals surface area contributed by atoms with Gasteiger partial charge in [-0.05, 0) is 81.1 Å². The number of hydrogen-bond donors (Lipinski definition) is 0. The van der Waals surface area contributed by atoms with Gasteiger partial charge in [0.05, 0.1) is 0 Å². The summed E-state index contributed by atoms with van der Waals surface area (Å²) in [6.45, 7) is 2.43. The molecule has 0 N–H and O–H groups in total. The van der Waals surface area contributed by atoms with Gasteiger partial charge in [-0.15, -0.1) is 0 Å². The van der Waals surface area contributed by atoms with Crippen molar-refractivity contribution in [2.75, 3.05) is 0 Å². The van der Waals surface area contributed by atoms with Crippen LogP contribution in [-0.2, 0) is 14.3 Å². The summed E-state index contributed by atoms with van der Waals surface area (Å²) in [5.41, 5.74) is 1.49. The van der Waals surface area contributed by atoms with E-state index in [-0.39, 0.29) is 17.0 Å². The number of carbonyl (C=O) groups is 2. The van der Waals surface area contributed by atoms with Crippen LogP contribution in [0.2, 0.25) is 0 Å². The van der Waals surface area contributed by atoms with Crippen LogP contribution in [-0.4, -0.2) is 17.4 Å². The molecule has 4 aliphatic carbocycles. The summed E-state index contributed by atoms with van der Waals surface area (Å²) in [4.78, 5) is 23.6. The van der Waals surface area contributed by atoms with E-state index in [9.17, 15) is 9.59 Å². The number of carbonyl (C=O) groups excluding carboxylic acids is 2. The van der Waals surface area contributed by atoms with Gasteiger partial charge < -0.3 is 4.74 Å². The highest BCUT2D eigenvalue weighted by Gasteiger charge is 2.65. The summed E-state index contributed by atoms with van der Waals surface area (Å²) < 4.78 is 5.99. The second-order valence-electron chi connectivity index (χ2n) is 9.27. The van der Waals surface area contributed by atoms with E-state index in [1.54, 1.807) is 0 Å². The molecule has 0 amide bonds. The molecule has 6 atom stereocenters. The maximum Gasteiger partial charge on any atom is 0.306 e. The summed E-state index contributed by atoms with van der Waals surface area (Å²) in [5.74, 6) is 3.29. The molecule has 0 aromatic carbocycles. The molecule has 1 spiro atoms. The summed E-state index contributed by atoms with van der Waals surface area (Å²) in [5, 5.41) is 0. The lowest BCUT2D eigenvalue weighted by molar-refractivity contribution is -0.166. The van der Waals surface area contributed by atoms with E-state index >= 15 is 0 Å². The molecule has 3 nitrogen and oxygen atoms in total. The number of rotatable bonds is 0. The largest absolute Gasteiger partial charge is 0.458 e. The van der Waals surface area contributed by atoms with Crippen molar-refractivity contribution in [1.82, 2.24) is 0 Å². The van der Waals surface area contributed by atoms with Gasteiger partial charge in [-0.25, -0.2) is 0 Å². The Kier molecular flexibility index (Phi) is 3.13. The first kappa shape index (κ1) is 15.2. The van der Waals surface area contributed by atoms with E-state index < -0.39 is 0 Å². The molecule has 3 saturated carbocycles. The molecule has 1 saturated heterocycles. The van der Waals surface area contributed by atoms with E-state index in [1.807, 2.05) is 6.08 Å². The highest BCUT2D eigenvalue weighted by molar-refractivity contribution is 5.91. The quantitative estimate of drug-likeness (QED) is 0.626. The Morgan fingerprint density at radius 3 is 2.62 bits per heavy atom. The molecule has 0 aromatic heterocycles. The molecule has 5 rings (SSSR count). The first-order valence-corrected chi connectivity index (χ1v) is 9.98. The monoisotopic (exact) mass is 328 g/mol. The van der Waals surface area contributed by atoms with Crippen LogP contribution < -0.4 is 0 Å². The van der Waals surface area contributed by atoms with Crippen LogP contribution in [0.3, 0.4) is 0 Å². The number of esters is 1. The fraction of sp³-hybridized carbons (Fsp3) is 0.810. The fourth-order valence-electron chi connectivity index (χ4n) is 7.48. The predicted molar refractivity (Wildman–Crippen MR) is 90.2 cm³/mol. The topological polar surface area (TPSA) is 43.4 Å². The van der Waals surface area contributed by atoms with Crippen molar-refractivity contribution in [3.05, 3.63) is 11.6 Å². The van der Waals surface area contributed by atoms with Crippen molar-refractivity contribution in [2.24, 2.45) is 29.1 Å². The van der Waals surface area contributed by atoms with Crippen LogP contribution in [0.1, 0.15) is 71.1 Å². The fourth-order valence-corrected chi connectivity index (χ4v) is 7.48. The standard InChI is InChI=1S/C21H28O3/c1-20-9-6-16-15-5-3-14(22)12-13(15)2-4-17(16)18(20)7-10-21(20)11-8-19(23)24-21/h12,15-18H,2-11H2,1H3/t15-,16+,17+,18-,20-,21+/m0/s1. The molecule has 0 radical (unpaired) electrons. The van der Waals surface area contributed by atoms with E-state index in [4.69, 9.17) is 4.74 Å². The van der Waals surface area contributed by atoms with Crippen LogP contribution in [0.4, 0.5) is 0 Å². The SMILES string of the molecule is C[C@]12CC[C@H]3[C@@H](CCC4=CC(=O)CC[C@@H]43)[C@@H]1CC[C@@]21CCC(=O)O1. The Labute approximate surface area is 144 Å². The predicted octanol–water partition coefficient (Wildman–Crippen LogP) is 4.20. The Morgan fingerprint density at radius 1 is 0.958 bits per heavy atom. The van der Waals surface area contributed by atoms with E-state index in [0.29, 0.717) is 24.0 Å². The maximum absolute atomic E-state index is 11.9. The highest BCUT2D eigenvalue weighted by Crippen LogP contribution is 2.67. The second-order valence-corrected chi connectivity index (χ2v) is 9.27. The molecule has 3 heteroatoms.